The summed E-state index contributed by atoms with van der Waals surface area (Å²) in [6.07, 6.45) is 2.36. The number of rotatable bonds is 3. The number of aliphatic hydroxyl groups excluding tert-OH is 1. The van der Waals surface area contributed by atoms with E-state index in [4.69, 9.17) is 0 Å². The monoisotopic (exact) mass is 219 g/mol. The summed E-state index contributed by atoms with van der Waals surface area (Å²) < 4.78 is 0. The summed E-state index contributed by atoms with van der Waals surface area (Å²) >= 11 is 0. The van der Waals surface area contributed by atoms with Crippen molar-refractivity contribution >= 4 is 0 Å². The van der Waals surface area contributed by atoms with Crippen molar-refractivity contribution in [2.75, 3.05) is 13.2 Å². The number of hydrogen-bond donors (Lipinski definition) is 1. The molecule has 0 radical (unpaired) electrons. The van der Waals surface area contributed by atoms with Crippen LogP contribution in [0.5, 0.6) is 0 Å². The molecule has 2 heteroatoms. The van der Waals surface area contributed by atoms with Crippen LogP contribution < -0.4 is 0 Å². The third-order valence-corrected chi connectivity index (χ3v) is 3.58. The molecule has 16 heavy (non-hydrogen) atoms. The van der Waals surface area contributed by atoms with Gasteiger partial charge in [-0.25, -0.2) is 0 Å². The van der Waals surface area contributed by atoms with Crippen molar-refractivity contribution in [3.05, 3.63) is 34.9 Å². The average molecular weight is 219 g/mol. The van der Waals surface area contributed by atoms with Crippen molar-refractivity contribution in [2.24, 2.45) is 0 Å². The molecule has 1 aliphatic heterocycles. The summed E-state index contributed by atoms with van der Waals surface area (Å²) in [5, 5.41) is 9.29. The third kappa shape index (κ3) is 2.45. The molecule has 0 saturated carbocycles. The lowest BCUT2D eigenvalue weighted by Gasteiger charge is -2.23. The van der Waals surface area contributed by atoms with Crippen LogP contribution in [-0.2, 0) is 6.54 Å². The van der Waals surface area contributed by atoms with Crippen molar-refractivity contribution in [3.8, 4) is 0 Å². The first-order valence-electron chi connectivity index (χ1n) is 6.11. The molecule has 1 aliphatic rings. The summed E-state index contributed by atoms with van der Waals surface area (Å²) in [5.74, 6) is 0. The first-order valence-corrected chi connectivity index (χ1v) is 6.11. The van der Waals surface area contributed by atoms with Crippen LogP contribution in [0, 0.1) is 13.8 Å². The maximum atomic E-state index is 9.29. The van der Waals surface area contributed by atoms with E-state index < -0.39 is 0 Å². The normalized spacial score (nSPS) is 21.6. The van der Waals surface area contributed by atoms with Gasteiger partial charge in [-0.05, 0) is 44.4 Å². The van der Waals surface area contributed by atoms with Crippen LogP contribution in [0.3, 0.4) is 0 Å². The lowest BCUT2D eigenvalue weighted by Crippen LogP contribution is -2.31. The second kappa shape index (κ2) is 4.98. The molecule has 1 saturated heterocycles. The molecule has 1 aromatic carbocycles. The molecule has 1 aromatic rings. The second-order valence-electron chi connectivity index (χ2n) is 4.88. The summed E-state index contributed by atoms with van der Waals surface area (Å²) in [6.45, 7) is 6.70. The van der Waals surface area contributed by atoms with E-state index in [1.165, 1.54) is 23.1 Å². The molecule has 0 aliphatic carbocycles. The number of likely N-dealkylation sites (tertiary alicyclic amines) is 1. The Balaban J connectivity index is 2.08. The van der Waals surface area contributed by atoms with Crippen LogP contribution in [0.4, 0.5) is 0 Å². The first-order chi connectivity index (χ1) is 7.70. The fourth-order valence-corrected chi connectivity index (χ4v) is 2.55. The summed E-state index contributed by atoms with van der Waals surface area (Å²) in [4.78, 5) is 2.40. The number of benzene rings is 1. The van der Waals surface area contributed by atoms with Crippen LogP contribution >= 0.6 is 0 Å². The zero-order valence-corrected chi connectivity index (χ0v) is 10.2. The molecule has 0 amide bonds. The Labute approximate surface area is 97.9 Å². The van der Waals surface area contributed by atoms with Gasteiger partial charge in [-0.3, -0.25) is 4.90 Å². The Kier molecular flexibility index (Phi) is 3.62. The van der Waals surface area contributed by atoms with Gasteiger partial charge in [-0.15, -0.1) is 0 Å². The summed E-state index contributed by atoms with van der Waals surface area (Å²) in [7, 11) is 0. The molecule has 0 bridgehead atoms. The van der Waals surface area contributed by atoms with Gasteiger partial charge < -0.3 is 5.11 Å². The van der Waals surface area contributed by atoms with Crippen LogP contribution in [0.1, 0.15) is 29.5 Å². The van der Waals surface area contributed by atoms with E-state index in [1.807, 2.05) is 0 Å². The Morgan fingerprint density at radius 2 is 2.19 bits per heavy atom. The minimum atomic E-state index is 0.297. The third-order valence-electron chi connectivity index (χ3n) is 3.58. The van der Waals surface area contributed by atoms with E-state index in [-0.39, 0.29) is 0 Å². The molecule has 1 fully saturated rings. The van der Waals surface area contributed by atoms with Gasteiger partial charge in [-0.1, -0.05) is 23.8 Å². The van der Waals surface area contributed by atoms with Crippen LogP contribution in [-0.4, -0.2) is 29.2 Å². The predicted molar refractivity (Wildman–Crippen MR) is 66.4 cm³/mol. The van der Waals surface area contributed by atoms with Gasteiger partial charge in [0.05, 0.1) is 6.61 Å². The highest BCUT2D eigenvalue weighted by Crippen LogP contribution is 2.21. The van der Waals surface area contributed by atoms with E-state index in [1.54, 1.807) is 0 Å². The van der Waals surface area contributed by atoms with Gasteiger partial charge in [0.2, 0.25) is 0 Å². The highest BCUT2D eigenvalue weighted by molar-refractivity contribution is 5.30. The van der Waals surface area contributed by atoms with E-state index in [0.717, 1.165) is 19.5 Å². The molecule has 2 rings (SSSR count). The zero-order valence-electron chi connectivity index (χ0n) is 10.2. The zero-order chi connectivity index (χ0) is 11.5. The molecular formula is C14H21NO. The summed E-state index contributed by atoms with van der Waals surface area (Å²) in [5.41, 5.74) is 4.08. The van der Waals surface area contributed by atoms with Crippen LogP contribution in [0.25, 0.3) is 0 Å². The molecule has 88 valence electrons. The van der Waals surface area contributed by atoms with Crippen molar-refractivity contribution in [2.45, 2.75) is 39.3 Å². The molecule has 0 aromatic heterocycles. The minimum Gasteiger partial charge on any atom is -0.395 e. The SMILES string of the molecule is Cc1ccc(CN2CCC[C@H]2CO)c(C)c1. The highest BCUT2D eigenvalue weighted by Gasteiger charge is 2.23. The average Bonchev–Trinajstić information content (AvgIpc) is 2.69. The molecular weight excluding hydrogens is 198 g/mol. The first kappa shape index (κ1) is 11.6. The van der Waals surface area contributed by atoms with Crippen molar-refractivity contribution < 1.29 is 5.11 Å². The smallest absolute Gasteiger partial charge is 0.0587 e. The number of aryl methyl sites for hydroxylation is 2. The topological polar surface area (TPSA) is 23.5 Å². The molecule has 0 spiro atoms. The van der Waals surface area contributed by atoms with Crippen molar-refractivity contribution in [3.63, 3.8) is 0 Å². The standard InChI is InChI=1S/C14H21NO/c1-11-5-6-13(12(2)8-11)9-15-7-3-4-14(15)10-16/h5-6,8,14,16H,3-4,7,9-10H2,1-2H3/t14-/m0/s1. The van der Waals surface area contributed by atoms with E-state index in [2.05, 4.69) is 36.9 Å². The quantitative estimate of drug-likeness (QED) is 0.843. The fraction of sp³-hybridized carbons (Fsp3) is 0.571. The van der Waals surface area contributed by atoms with Gasteiger partial charge in [0, 0.05) is 12.6 Å². The van der Waals surface area contributed by atoms with Gasteiger partial charge >= 0.3 is 0 Å². The second-order valence-corrected chi connectivity index (χ2v) is 4.88. The van der Waals surface area contributed by atoms with E-state index in [0.29, 0.717) is 12.6 Å². The van der Waals surface area contributed by atoms with Gasteiger partial charge in [0.15, 0.2) is 0 Å². The summed E-state index contributed by atoms with van der Waals surface area (Å²) in [6, 6.07) is 7.00. The maximum Gasteiger partial charge on any atom is 0.0587 e. The molecule has 1 heterocycles. The van der Waals surface area contributed by atoms with Gasteiger partial charge in [-0.2, -0.15) is 0 Å². The van der Waals surface area contributed by atoms with Crippen molar-refractivity contribution in [1.29, 1.82) is 0 Å². The van der Waals surface area contributed by atoms with Gasteiger partial charge in [0.1, 0.15) is 0 Å². The lowest BCUT2D eigenvalue weighted by molar-refractivity contribution is 0.153. The van der Waals surface area contributed by atoms with Crippen LogP contribution in [0.2, 0.25) is 0 Å². The molecule has 1 atom stereocenters. The highest BCUT2D eigenvalue weighted by atomic mass is 16.3. The number of nitrogens with zero attached hydrogens (tertiary/aromatic N) is 1. The van der Waals surface area contributed by atoms with Crippen LogP contribution in [0.15, 0.2) is 18.2 Å². The largest absolute Gasteiger partial charge is 0.395 e. The Morgan fingerprint density at radius 1 is 1.38 bits per heavy atom. The Hall–Kier alpha value is -0.860. The minimum absolute atomic E-state index is 0.297. The molecule has 2 nitrogen and oxygen atoms in total. The lowest BCUT2D eigenvalue weighted by atomic mass is 10.1. The Bertz CT molecular complexity index is 362. The molecule has 1 N–H and O–H groups in total. The maximum absolute atomic E-state index is 9.29. The number of aliphatic hydroxyl groups is 1. The number of hydrogen-bond acceptors (Lipinski definition) is 2. The van der Waals surface area contributed by atoms with E-state index in [9.17, 15) is 5.11 Å². The fourth-order valence-electron chi connectivity index (χ4n) is 2.55. The van der Waals surface area contributed by atoms with Crippen molar-refractivity contribution in [1.82, 2.24) is 4.90 Å². The van der Waals surface area contributed by atoms with E-state index >= 15 is 0 Å². The van der Waals surface area contributed by atoms with Gasteiger partial charge in [0.25, 0.3) is 0 Å². The Morgan fingerprint density at radius 3 is 2.88 bits per heavy atom. The molecule has 0 unspecified atom stereocenters. The predicted octanol–water partition coefficient (Wildman–Crippen LogP) is 2.26.